The highest BCUT2D eigenvalue weighted by atomic mass is 79.9. The highest BCUT2D eigenvalue weighted by molar-refractivity contribution is 9.10. The Bertz CT molecular complexity index is 454. The van der Waals surface area contributed by atoms with Crippen molar-refractivity contribution in [2.45, 2.75) is 32.2 Å². The number of nitrogens with one attached hydrogen (secondary N) is 1. The van der Waals surface area contributed by atoms with E-state index in [4.69, 9.17) is 0 Å². The Morgan fingerprint density at radius 1 is 1.56 bits per heavy atom. The van der Waals surface area contributed by atoms with Gasteiger partial charge in [-0.1, -0.05) is 6.92 Å². The molecule has 2 atom stereocenters. The summed E-state index contributed by atoms with van der Waals surface area (Å²) in [5, 5.41) is 14.1. The molecule has 1 rings (SSSR count). The van der Waals surface area contributed by atoms with Crippen LogP contribution in [0.25, 0.3) is 0 Å². The van der Waals surface area contributed by atoms with E-state index in [1.807, 2.05) is 13.8 Å². The third-order valence-electron chi connectivity index (χ3n) is 3.16. The van der Waals surface area contributed by atoms with Gasteiger partial charge >= 0.3 is 0 Å². The zero-order valence-electron chi connectivity index (χ0n) is 10.5. The molecule has 18 heavy (non-hydrogen) atoms. The van der Waals surface area contributed by atoms with E-state index in [1.165, 1.54) is 12.1 Å². The fourth-order valence-electron chi connectivity index (χ4n) is 2.05. The van der Waals surface area contributed by atoms with E-state index in [9.17, 15) is 14.5 Å². The van der Waals surface area contributed by atoms with Gasteiger partial charge in [-0.3, -0.25) is 10.1 Å². The minimum absolute atomic E-state index is 0.0364. The average Bonchev–Trinajstić information content (AvgIpc) is 2.33. The first kappa shape index (κ1) is 15.0. The van der Waals surface area contributed by atoms with E-state index < -0.39 is 10.7 Å². The van der Waals surface area contributed by atoms with Crippen LogP contribution in [0.4, 0.5) is 10.1 Å². The lowest BCUT2D eigenvalue weighted by Gasteiger charge is -2.22. The zero-order valence-corrected chi connectivity index (χ0v) is 12.1. The summed E-state index contributed by atoms with van der Waals surface area (Å²) in [5.41, 5.74) is 0.391. The quantitative estimate of drug-likeness (QED) is 0.666. The lowest BCUT2D eigenvalue weighted by atomic mass is 9.89. The molecule has 6 heteroatoms. The van der Waals surface area contributed by atoms with E-state index >= 15 is 0 Å². The number of nitrogens with zero attached hydrogens (tertiary/aromatic N) is 1. The molecule has 0 aliphatic rings. The number of likely N-dealkylation sites (N-methyl/N-ethyl adjacent to an activating group) is 1. The summed E-state index contributed by atoms with van der Waals surface area (Å²) in [6, 6.07) is 2.52. The Morgan fingerprint density at radius 3 is 2.61 bits per heavy atom. The van der Waals surface area contributed by atoms with Crippen LogP contribution in [-0.4, -0.2) is 18.0 Å². The minimum atomic E-state index is -0.475. The van der Waals surface area contributed by atoms with E-state index in [-0.39, 0.29) is 22.1 Å². The highest BCUT2D eigenvalue weighted by Gasteiger charge is 2.26. The number of rotatable bonds is 5. The highest BCUT2D eigenvalue weighted by Crippen LogP contribution is 2.34. The molecular formula is C12H16BrFN2O2. The molecular weight excluding hydrogens is 303 g/mol. The van der Waals surface area contributed by atoms with Crippen LogP contribution in [0, 0.1) is 15.9 Å². The lowest BCUT2D eigenvalue weighted by molar-refractivity contribution is -0.385. The van der Waals surface area contributed by atoms with Gasteiger partial charge < -0.3 is 5.32 Å². The molecule has 0 fully saturated rings. The molecule has 1 N–H and O–H groups in total. The first-order valence-electron chi connectivity index (χ1n) is 5.72. The monoisotopic (exact) mass is 318 g/mol. The summed E-state index contributed by atoms with van der Waals surface area (Å²) in [4.78, 5) is 10.6. The fourth-order valence-corrected chi connectivity index (χ4v) is 2.38. The van der Waals surface area contributed by atoms with Gasteiger partial charge in [-0.2, -0.15) is 0 Å². The maximum Gasteiger partial charge on any atom is 0.274 e. The van der Waals surface area contributed by atoms with Crippen LogP contribution in [0.15, 0.2) is 16.6 Å². The molecule has 0 spiro atoms. The number of halogens is 2. The van der Waals surface area contributed by atoms with Crippen LogP contribution in [-0.2, 0) is 0 Å². The fraction of sp³-hybridized carbons (Fsp3) is 0.500. The predicted molar refractivity (Wildman–Crippen MR) is 72.3 cm³/mol. The summed E-state index contributed by atoms with van der Waals surface area (Å²) < 4.78 is 13.7. The molecule has 0 saturated carbocycles. The Hall–Kier alpha value is -1.01. The van der Waals surface area contributed by atoms with Gasteiger partial charge in [0.2, 0.25) is 0 Å². The van der Waals surface area contributed by atoms with Crippen LogP contribution in [0.2, 0.25) is 0 Å². The molecule has 1 aromatic rings. The van der Waals surface area contributed by atoms with E-state index in [1.54, 1.807) is 7.05 Å². The van der Waals surface area contributed by atoms with E-state index in [0.29, 0.717) is 12.0 Å². The number of nitro benzene ring substituents is 1. The van der Waals surface area contributed by atoms with Crippen LogP contribution < -0.4 is 5.32 Å². The maximum absolute atomic E-state index is 13.6. The minimum Gasteiger partial charge on any atom is -0.317 e. The van der Waals surface area contributed by atoms with Crippen molar-refractivity contribution in [3.63, 3.8) is 0 Å². The molecule has 0 radical (unpaired) electrons. The first-order chi connectivity index (χ1) is 8.42. The van der Waals surface area contributed by atoms with Gasteiger partial charge in [0.15, 0.2) is 0 Å². The Kier molecular flexibility index (Phi) is 5.22. The van der Waals surface area contributed by atoms with Crippen molar-refractivity contribution in [2.24, 2.45) is 0 Å². The number of hydrogen-bond acceptors (Lipinski definition) is 3. The molecule has 0 bridgehead atoms. The summed E-state index contributed by atoms with van der Waals surface area (Å²) >= 11 is 2.98. The van der Waals surface area contributed by atoms with Crippen LogP contribution in [0.5, 0.6) is 0 Å². The van der Waals surface area contributed by atoms with Gasteiger partial charge in [-0.25, -0.2) is 4.39 Å². The third-order valence-corrected chi connectivity index (χ3v) is 3.77. The van der Waals surface area contributed by atoms with E-state index in [0.717, 1.165) is 0 Å². The van der Waals surface area contributed by atoms with Crippen molar-refractivity contribution in [2.75, 3.05) is 7.05 Å². The summed E-state index contributed by atoms with van der Waals surface area (Å²) in [7, 11) is 1.79. The van der Waals surface area contributed by atoms with Gasteiger partial charge in [0, 0.05) is 23.6 Å². The predicted octanol–water partition coefficient (Wildman–Crippen LogP) is 3.60. The van der Waals surface area contributed by atoms with Crippen molar-refractivity contribution in [3.8, 4) is 0 Å². The van der Waals surface area contributed by atoms with Gasteiger partial charge in [0.25, 0.3) is 5.69 Å². The second-order valence-electron chi connectivity index (χ2n) is 4.17. The standard InChI is InChI=1S/C12H16BrFN2O2/c1-4-8(7(2)15-3)9-5-11(14)10(13)6-12(9)16(17)18/h5-8,15H,4H2,1-3H3. The van der Waals surface area contributed by atoms with Gasteiger partial charge in [-0.05, 0) is 42.4 Å². The molecule has 0 aliphatic carbocycles. The zero-order chi connectivity index (χ0) is 13.9. The second kappa shape index (κ2) is 6.24. The van der Waals surface area contributed by atoms with Crippen LogP contribution in [0.1, 0.15) is 31.7 Å². The Labute approximate surface area is 114 Å². The number of benzene rings is 1. The van der Waals surface area contributed by atoms with Crippen LogP contribution in [0.3, 0.4) is 0 Å². The summed E-state index contributed by atoms with van der Waals surface area (Å²) in [6.45, 7) is 3.86. The SMILES string of the molecule is CCC(c1cc(F)c(Br)cc1[N+](=O)[O-])C(C)NC. The van der Waals surface area contributed by atoms with Gasteiger partial charge in [0.1, 0.15) is 5.82 Å². The molecule has 2 unspecified atom stereocenters. The number of nitro groups is 1. The normalized spacial score (nSPS) is 14.3. The average molecular weight is 319 g/mol. The lowest BCUT2D eigenvalue weighted by Crippen LogP contribution is -2.29. The molecule has 4 nitrogen and oxygen atoms in total. The molecule has 0 saturated heterocycles. The van der Waals surface area contributed by atoms with Gasteiger partial charge in [-0.15, -0.1) is 0 Å². The summed E-state index contributed by atoms with van der Waals surface area (Å²) in [5.74, 6) is -0.574. The second-order valence-corrected chi connectivity index (χ2v) is 5.03. The van der Waals surface area contributed by atoms with E-state index in [2.05, 4.69) is 21.2 Å². The van der Waals surface area contributed by atoms with Crippen molar-refractivity contribution < 1.29 is 9.31 Å². The largest absolute Gasteiger partial charge is 0.317 e. The Balaban J connectivity index is 3.36. The van der Waals surface area contributed by atoms with Crippen molar-refractivity contribution >= 4 is 21.6 Å². The summed E-state index contributed by atoms with van der Waals surface area (Å²) in [6.07, 6.45) is 0.698. The molecule has 0 aliphatic heterocycles. The smallest absolute Gasteiger partial charge is 0.274 e. The Morgan fingerprint density at radius 2 is 2.17 bits per heavy atom. The molecule has 0 amide bonds. The van der Waals surface area contributed by atoms with Gasteiger partial charge in [0.05, 0.1) is 9.40 Å². The topological polar surface area (TPSA) is 55.2 Å². The molecule has 0 aromatic heterocycles. The maximum atomic E-state index is 13.6. The number of hydrogen-bond donors (Lipinski definition) is 1. The third kappa shape index (κ3) is 3.05. The molecule has 1 aromatic carbocycles. The van der Waals surface area contributed by atoms with Crippen LogP contribution >= 0.6 is 15.9 Å². The van der Waals surface area contributed by atoms with Crippen molar-refractivity contribution in [1.29, 1.82) is 0 Å². The van der Waals surface area contributed by atoms with Crippen molar-refractivity contribution in [3.05, 3.63) is 38.1 Å². The molecule has 0 heterocycles. The first-order valence-corrected chi connectivity index (χ1v) is 6.52. The molecule has 100 valence electrons. The van der Waals surface area contributed by atoms with Crippen molar-refractivity contribution in [1.82, 2.24) is 5.32 Å².